The van der Waals surface area contributed by atoms with Crippen LogP contribution in [-0.4, -0.2) is 55.0 Å². The fourth-order valence-electron chi connectivity index (χ4n) is 2.41. The molecule has 2 amide bonds. The van der Waals surface area contributed by atoms with Crippen molar-refractivity contribution in [1.82, 2.24) is 15.5 Å². The molecule has 0 aromatic rings. The number of amides is 2. The smallest absolute Gasteiger partial charge is 0.234 e. The predicted molar refractivity (Wildman–Crippen MR) is 79.1 cm³/mol. The van der Waals surface area contributed by atoms with Gasteiger partial charge in [0.2, 0.25) is 11.8 Å². The molecule has 1 atom stereocenters. The summed E-state index contributed by atoms with van der Waals surface area (Å²) < 4.78 is 0. The van der Waals surface area contributed by atoms with Crippen LogP contribution >= 0.6 is 0 Å². The molecule has 0 aliphatic carbocycles. The Morgan fingerprint density at radius 2 is 2.05 bits per heavy atom. The van der Waals surface area contributed by atoms with E-state index in [9.17, 15) is 9.59 Å². The third-order valence-corrected chi connectivity index (χ3v) is 3.20. The van der Waals surface area contributed by atoms with Gasteiger partial charge in [-0.25, -0.2) is 0 Å². The molecule has 1 aliphatic heterocycles. The highest BCUT2D eigenvalue weighted by Gasteiger charge is 2.27. The van der Waals surface area contributed by atoms with Crippen molar-refractivity contribution < 1.29 is 9.59 Å². The normalized spacial score (nSPS) is 20.5. The molecule has 0 aromatic carbocycles. The van der Waals surface area contributed by atoms with Crippen LogP contribution in [0.3, 0.4) is 0 Å². The summed E-state index contributed by atoms with van der Waals surface area (Å²) in [4.78, 5) is 25.9. The number of rotatable bonds is 5. The number of hydrogen-bond donors (Lipinski definition) is 3. The molecule has 20 heavy (non-hydrogen) atoms. The molecule has 6 nitrogen and oxygen atoms in total. The van der Waals surface area contributed by atoms with Gasteiger partial charge in [-0.3, -0.25) is 14.5 Å². The molecule has 1 unspecified atom stereocenters. The molecule has 1 saturated heterocycles. The Morgan fingerprint density at radius 3 is 2.65 bits per heavy atom. The van der Waals surface area contributed by atoms with Crippen LogP contribution < -0.4 is 16.4 Å². The second-order valence-electron chi connectivity index (χ2n) is 6.45. The Hall–Kier alpha value is -1.14. The van der Waals surface area contributed by atoms with Gasteiger partial charge in [0.25, 0.3) is 0 Å². The summed E-state index contributed by atoms with van der Waals surface area (Å²) in [5, 5.41) is 5.77. The first-order valence-corrected chi connectivity index (χ1v) is 7.33. The molecule has 1 aliphatic rings. The Bertz CT molecular complexity index is 339. The average Bonchev–Trinajstić information content (AvgIpc) is 2.33. The number of carbonyl (C=O) groups excluding carboxylic acids is 2. The largest absolute Gasteiger partial charge is 0.355 e. The highest BCUT2D eigenvalue weighted by Crippen LogP contribution is 2.16. The second kappa shape index (κ2) is 7.59. The van der Waals surface area contributed by atoms with Crippen molar-refractivity contribution in [2.45, 2.75) is 39.2 Å². The van der Waals surface area contributed by atoms with E-state index in [1.54, 1.807) is 0 Å². The van der Waals surface area contributed by atoms with Gasteiger partial charge in [0.05, 0.1) is 12.5 Å². The van der Waals surface area contributed by atoms with E-state index in [0.29, 0.717) is 26.2 Å². The zero-order valence-corrected chi connectivity index (χ0v) is 12.9. The number of nitrogens with two attached hydrogens (primary N) is 1. The standard InChI is InChI=1S/C14H28N4O2/c1-14(2,3)17-12(19)10-18-8-4-5-11(9-18)13(20)16-7-6-15/h11H,4-10,15H2,1-3H3,(H,16,20)(H,17,19). The van der Waals surface area contributed by atoms with E-state index in [2.05, 4.69) is 15.5 Å². The molecule has 0 bridgehead atoms. The highest BCUT2D eigenvalue weighted by atomic mass is 16.2. The summed E-state index contributed by atoms with van der Waals surface area (Å²) in [6.45, 7) is 8.73. The van der Waals surface area contributed by atoms with Gasteiger partial charge < -0.3 is 16.4 Å². The first-order chi connectivity index (χ1) is 9.31. The SMILES string of the molecule is CC(C)(C)NC(=O)CN1CCCC(C(=O)NCCN)C1. The van der Waals surface area contributed by atoms with Gasteiger partial charge in [0.15, 0.2) is 0 Å². The summed E-state index contributed by atoms with van der Waals surface area (Å²) in [6, 6.07) is 0. The topological polar surface area (TPSA) is 87.5 Å². The lowest BCUT2D eigenvalue weighted by Gasteiger charge is -2.32. The van der Waals surface area contributed by atoms with Gasteiger partial charge >= 0.3 is 0 Å². The third kappa shape index (κ3) is 6.34. The highest BCUT2D eigenvalue weighted by molar-refractivity contribution is 5.80. The zero-order valence-electron chi connectivity index (χ0n) is 12.9. The predicted octanol–water partition coefficient (Wildman–Crippen LogP) is -0.312. The molecule has 4 N–H and O–H groups in total. The van der Waals surface area contributed by atoms with Gasteiger partial charge in [-0.05, 0) is 40.2 Å². The van der Waals surface area contributed by atoms with Crippen molar-refractivity contribution in [2.24, 2.45) is 11.7 Å². The van der Waals surface area contributed by atoms with Crippen LogP contribution in [0.1, 0.15) is 33.6 Å². The average molecular weight is 284 g/mol. The molecule has 0 radical (unpaired) electrons. The number of nitrogens with one attached hydrogen (secondary N) is 2. The van der Waals surface area contributed by atoms with Gasteiger partial charge in [-0.2, -0.15) is 0 Å². The molecule has 0 aromatic heterocycles. The first-order valence-electron chi connectivity index (χ1n) is 7.33. The minimum Gasteiger partial charge on any atom is -0.355 e. The van der Waals surface area contributed by atoms with Crippen molar-refractivity contribution in [3.63, 3.8) is 0 Å². The van der Waals surface area contributed by atoms with Crippen molar-refractivity contribution in [1.29, 1.82) is 0 Å². The molecular weight excluding hydrogens is 256 g/mol. The van der Waals surface area contributed by atoms with Crippen LogP contribution in [0.2, 0.25) is 0 Å². The van der Waals surface area contributed by atoms with Crippen LogP contribution in [0.25, 0.3) is 0 Å². The number of nitrogens with zero attached hydrogens (tertiary/aromatic N) is 1. The van der Waals surface area contributed by atoms with E-state index in [0.717, 1.165) is 19.4 Å². The Balaban J connectivity index is 2.40. The Labute approximate surface area is 121 Å². The van der Waals surface area contributed by atoms with Crippen LogP contribution in [-0.2, 0) is 9.59 Å². The van der Waals surface area contributed by atoms with E-state index in [1.165, 1.54) is 0 Å². The maximum atomic E-state index is 11.9. The third-order valence-electron chi connectivity index (χ3n) is 3.20. The van der Waals surface area contributed by atoms with Crippen molar-refractivity contribution in [3.8, 4) is 0 Å². The van der Waals surface area contributed by atoms with Crippen LogP contribution in [0, 0.1) is 5.92 Å². The summed E-state index contributed by atoms with van der Waals surface area (Å²) in [5.74, 6) is 0.0367. The molecule has 0 spiro atoms. The molecule has 1 rings (SSSR count). The van der Waals surface area contributed by atoms with Gasteiger partial charge in [-0.1, -0.05) is 0 Å². The van der Waals surface area contributed by atoms with Crippen molar-refractivity contribution in [3.05, 3.63) is 0 Å². The number of hydrogen-bond acceptors (Lipinski definition) is 4. The van der Waals surface area contributed by atoms with E-state index in [1.807, 2.05) is 20.8 Å². The summed E-state index contributed by atoms with van der Waals surface area (Å²) in [7, 11) is 0. The lowest BCUT2D eigenvalue weighted by Crippen LogP contribution is -2.50. The summed E-state index contributed by atoms with van der Waals surface area (Å²) >= 11 is 0. The Morgan fingerprint density at radius 1 is 1.35 bits per heavy atom. The molecule has 0 saturated carbocycles. The lowest BCUT2D eigenvalue weighted by molar-refractivity contribution is -0.129. The van der Waals surface area contributed by atoms with Crippen molar-refractivity contribution >= 4 is 11.8 Å². The van der Waals surface area contributed by atoms with E-state index >= 15 is 0 Å². The minimum absolute atomic E-state index is 0.0144. The van der Waals surface area contributed by atoms with Gasteiger partial charge in [0.1, 0.15) is 0 Å². The molecule has 116 valence electrons. The molecule has 1 fully saturated rings. The maximum absolute atomic E-state index is 11.9. The van der Waals surface area contributed by atoms with Gasteiger partial charge in [0, 0.05) is 25.2 Å². The van der Waals surface area contributed by atoms with Crippen LogP contribution in [0.15, 0.2) is 0 Å². The first kappa shape index (κ1) is 16.9. The number of likely N-dealkylation sites (tertiary alicyclic amines) is 1. The fraction of sp³-hybridized carbons (Fsp3) is 0.857. The number of piperidine rings is 1. The summed E-state index contributed by atoms with van der Waals surface area (Å²) in [5.41, 5.74) is 5.16. The van der Waals surface area contributed by atoms with Gasteiger partial charge in [-0.15, -0.1) is 0 Å². The second-order valence-corrected chi connectivity index (χ2v) is 6.45. The summed E-state index contributed by atoms with van der Waals surface area (Å²) in [6.07, 6.45) is 1.83. The van der Waals surface area contributed by atoms with E-state index in [-0.39, 0.29) is 23.3 Å². The van der Waals surface area contributed by atoms with E-state index in [4.69, 9.17) is 5.73 Å². The Kier molecular flexibility index (Phi) is 6.42. The quantitative estimate of drug-likeness (QED) is 0.646. The molecular formula is C14H28N4O2. The number of carbonyl (C=O) groups is 2. The molecule has 1 heterocycles. The van der Waals surface area contributed by atoms with Crippen LogP contribution in [0.4, 0.5) is 0 Å². The monoisotopic (exact) mass is 284 g/mol. The minimum atomic E-state index is -0.217. The van der Waals surface area contributed by atoms with Crippen molar-refractivity contribution in [2.75, 3.05) is 32.7 Å². The molecule has 6 heteroatoms. The zero-order chi connectivity index (χ0) is 15.2. The fourth-order valence-corrected chi connectivity index (χ4v) is 2.41. The maximum Gasteiger partial charge on any atom is 0.234 e. The van der Waals surface area contributed by atoms with Crippen LogP contribution in [0.5, 0.6) is 0 Å². The van der Waals surface area contributed by atoms with E-state index < -0.39 is 0 Å². The lowest BCUT2D eigenvalue weighted by atomic mass is 9.97.